The van der Waals surface area contributed by atoms with Gasteiger partial charge in [0.05, 0.1) is 11.4 Å². The van der Waals surface area contributed by atoms with Gasteiger partial charge in [-0.1, -0.05) is 18.2 Å². The summed E-state index contributed by atoms with van der Waals surface area (Å²) in [5.74, 6) is 1.13. The number of thioether (sulfide) groups is 1. The van der Waals surface area contributed by atoms with Gasteiger partial charge in [-0.25, -0.2) is 0 Å². The summed E-state index contributed by atoms with van der Waals surface area (Å²) in [6, 6.07) is 13.0. The van der Waals surface area contributed by atoms with E-state index in [1.807, 2.05) is 42.5 Å². The maximum Gasteiger partial charge on any atom is 0.231 e. The van der Waals surface area contributed by atoms with E-state index in [0.29, 0.717) is 24.3 Å². The summed E-state index contributed by atoms with van der Waals surface area (Å²) in [4.78, 5) is 24.0. The highest BCUT2D eigenvalue weighted by atomic mass is 32.2. The number of primary amides is 1. The number of hydrogen-bond acceptors (Lipinski definition) is 5. The van der Waals surface area contributed by atoms with Crippen LogP contribution in [0.2, 0.25) is 0 Å². The lowest BCUT2D eigenvalue weighted by molar-refractivity contribution is -0.116. The minimum absolute atomic E-state index is 0.0928. The zero-order valence-corrected chi connectivity index (χ0v) is 14.3. The van der Waals surface area contributed by atoms with Gasteiger partial charge in [0.25, 0.3) is 0 Å². The second-order valence-electron chi connectivity index (χ2n) is 5.49. The Morgan fingerprint density at radius 2 is 1.92 bits per heavy atom. The number of nitrogens with one attached hydrogen (secondary N) is 1. The van der Waals surface area contributed by atoms with Crippen molar-refractivity contribution in [2.24, 2.45) is 5.73 Å². The average molecular weight is 358 g/mol. The zero-order valence-electron chi connectivity index (χ0n) is 13.5. The summed E-state index contributed by atoms with van der Waals surface area (Å²) in [5, 5.41) is 2.89. The SMILES string of the molecule is NC(=O)CSc1ccccc1NC(=O)CCc1ccc2c(c1)OCO2. The number of carbonyl (C=O) groups excluding carboxylic acids is 2. The average Bonchev–Trinajstić information content (AvgIpc) is 3.07. The van der Waals surface area contributed by atoms with Gasteiger partial charge in [-0.3, -0.25) is 9.59 Å². The van der Waals surface area contributed by atoms with Crippen LogP contribution in [0.5, 0.6) is 11.5 Å². The fraction of sp³-hybridized carbons (Fsp3) is 0.222. The Kier molecular flexibility index (Phi) is 5.45. The van der Waals surface area contributed by atoms with Crippen LogP contribution in [-0.2, 0) is 16.0 Å². The molecule has 1 heterocycles. The lowest BCUT2D eigenvalue weighted by atomic mass is 10.1. The third-order valence-corrected chi connectivity index (χ3v) is 4.70. The largest absolute Gasteiger partial charge is 0.454 e. The molecule has 0 aliphatic carbocycles. The first-order chi connectivity index (χ1) is 12.1. The predicted octanol–water partition coefficient (Wildman–Crippen LogP) is 2.56. The molecule has 1 aliphatic heterocycles. The van der Waals surface area contributed by atoms with Crippen molar-refractivity contribution >= 4 is 29.3 Å². The maximum absolute atomic E-state index is 12.2. The molecule has 130 valence electrons. The van der Waals surface area contributed by atoms with Crippen molar-refractivity contribution in [1.29, 1.82) is 0 Å². The summed E-state index contributed by atoms with van der Waals surface area (Å²) in [6.45, 7) is 0.235. The number of carbonyl (C=O) groups is 2. The molecule has 0 unspecified atom stereocenters. The van der Waals surface area contributed by atoms with E-state index < -0.39 is 5.91 Å². The van der Waals surface area contributed by atoms with Crippen LogP contribution in [0.4, 0.5) is 5.69 Å². The molecule has 2 aromatic carbocycles. The molecular formula is C18H18N2O4S. The molecule has 7 heteroatoms. The molecule has 0 atom stereocenters. The number of amides is 2. The van der Waals surface area contributed by atoms with Gasteiger partial charge in [-0.15, -0.1) is 11.8 Å². The lowest BCUT2D eigenvalue weighted by Crippen LogP contribution is -2.15. The standard InChI is InChI=1S/C18H18N2O4S/c19-17(21)10-25-16-4-2-1-3-13(16)20-18(22)8-6-12-5-7-14-15(9-12)24-11-23-14/h1-5,7,9H,6,8,10-11H2,(H2,19,21)(H,20,22). The quantitative estimate of drug-likeness (QED) is 0.743. The topological polar surface area (TPSA) is 90.7 Å². The van der Waals surface area contributed by atoms with Crippen molar-refractivity contribution in [2.75, 3.05) is 17.9 Å². The minimum atomic E-state index is -0.395. The Morgan fingerprint density at radius 1 is 1.12 bits per heavy atom. The van der Waals surface area contributed by atoms with Crippen LogP contribution in [0.1, 0.15) is 12.0 Å². The fourth-order valence-corrected chi connectivity index (χ4v) is 3.16. The van der Waals surface area contributed by atoms with E-state index >= 15 is 0 Å². The number of rotatable bonds is 7. The Hall–Kier alpha value is -2.67. The summed E-state index contributed by atoms with van der Waals surface area (Å²) < 4.78 is 10.6. The molecule has 0 saturated carbocycles. The smallest absolute Gasteiger partial charge is 0.231 e. The van der Waals surface area contributed by atoms with Crippen molar-refractivity contribution in [3.63, 3.8) is 0 Å². The molecular weight excluding hydrogens is 340 g/mol. The number of benzene rings is 2. The number of para-hydroxylation sites is 1. The molecule has 0 saturated heterocycles. The Balaban J connectivity index is 1.57. The van der Waals surface area contributed by atoms with Crippen molar-refractivity contribution in [1.82, 2.24) is 0 Å². The summed E-state index contributed by atoms with van der Waals surface area (Å²) >= 11 is 1.31. The summed E-state index contributed by atoms with van der Waals surface area (Å²) in [6.07, 6.45) is 0.938. The van der Waals surface area contributed by atoms with Crippen LogP contribution in [0.25, 0.3) is 0 Å². The second kappa shape index (κ2) is 7.94. The highest BCUT2D eigenvalue weighted by Gasteiger charge is 2.14. The molecule has 2 amide bonds. The highest BCUT2D eigenvalue weighted by molar-refractivity contribution is 8.00. The van der Waals surface area contributed by atoms with E-state index in [1.54, 1.807) is 0 Å². The molecule has 0 radical (unpaired) electrons. The van der Waals surface area contributed by atoms with E-state index in [0.717, 1.165) is 16.2 Å². The number of hydrogen-bond donors (Lipinski definition) is 2. The summed E-state index contributed by atoms with van der Waals surface area (Å²) in [5.41, 5.74) is 6.87. The normalized spacial score (nSPS) is 12.0. The highest BCUT2D eigenvalue weighted by Crippen LogP contribution is 2.33. The molecule has 0 fully saturated rings. The molecule has 0 aromatic heterocycles. The fourth-order valence-electron chi connectivity index (χ4n) is 2.41. The van der Waals surface area contributed by atoms with Gasteiger partial charge in [-0.2, -0.15) is 0 Å². The first-order valence-corrected chi connectivity index (χ1v) is 8.79. The first-order valence-electron chi connectivity index (χ1n) is 7.80. The van der Waals surface area contributed by atoms with Gasteiger partial charge in [0.2, 0.25) is 18.6 Å². The Bertz CT molecular complexity index is 794. The number of nitrogens with two attached hydrogens (primary N) is 1. The molecule has 3 N–H and O–H groups in total. The van der Waals surface area contributed by atoms with Gasteiger partial charge < -0.3 is 20.5 Å². The van der Waals surface area contributed by atoms with Crippen LogP contribution >= 0.6 is 11.8 Å². The second-order valence-corrected chi connectivity index (χ2v) is 6.50. The molecule has 2 aromatic rings. The van der Waals surface area contributed by atoms with E-state index in [1.165, 1.54) is 11.8 Å². The molecule has 1 aliphatic rings. The number of anilines is 1. The number of fused-ring (bicyclic) bond motifs is 1. The van der Waals surface area contributed by atoms with Crippen molar-refractivity contribution < 1.29 is 19.1 Å². The van der Waals surface area contributed by atoms with Gasteiger partial charge in [-0.05, 0) is 36.2 Å². The van der Waals surface area contributed by atoms with Crippen LogP contribution in [-0.4, -0.2) is 24.4 Å². The minimum Gasteiger partial charge on any atom is -0.454 e. The van der Waals surface area contributed by atoms with Crippen molar-refractivity contribution in [3.05, 3.63) is 48.0 Å². The van der Waals surface area contributed by atoms with Gasteiger partial charge in [0, 0.05) is 11.3 Å². The Morgan fingerprint density at radius 3 is 2.76 bits per heavy atom. The summed E-state index contributed by atoms with van der Waals surface area (Å²) in [7, 11) is 0. The van der Waals surface area contributed by atoms with Crippen LogP contribution in [0, 0.1) is 0 Å². The molecule has 3 rings (SSSR count). The van der Waals surface area contributed by atoms with E-state index in [4.69, 9.17) is 15.2 Å². The zero-order chi connectivity index (χ0) is 17.6. The molecule has 0 bridgehead atoms. The maximum atomic E-state index is 12.2. The third kappa shape index (κ3) is 4.67. The van der Waals surface area contributed by atoms with Crippen LogP contribution < -0.4 is 20.5 Å². The Labute approximate surface area is 149 Å². The molecule has 0 spiro atoms. The number of ether oxygens (including phenoxy) is 2. The van der Waals surface area contributed by atoms with Gasteiger partial charge in [0.1, 0.15) is 0 Å². The van der Waals surface area contributed by atoms with Crippen molar-refractivity contribution in [2.45, 2.75) is 17.7 Å². The van der Waals surface area contributed by atoms with Crippen LogP contribution in [0.3, 0.4) is 0 Å². The molecule has 25 heavy (non-hydrogen) atoms. The monoisotopic (exact) mass is 358 g/mol. The van der Waals surface area contributed by atoms with E-state index in [9.17, 15) is 9.59 Å². The predicted molar refractivity (Wildman–Crippen MR) is 95.9 cm³/mol. The van der Waals surface area contributed by atoms with Gasteiger partial charge >= 0.3 is 0 Å². The lowest BCUT2D eigenvalue weighted by Gasteiger charge is -2.10. The molecule has 6 nitrogen and oxygen atoms in total. The van der Waals surface area contributed by atoms with E-state index in [2.05, 4.69) is 5.32 Å². The first kappa shape index (κ1) is 17.2. The van der Waals surface area contributed by atoms with Crippen molar-refractivity contribution in [3.8, 4) is 11.5 Å². The van der Waals surface area contributed by atoms with Crippen LogP contribution in [0.15, 0.2) is 47.4 Å². The van der Waals surface area contributed by atoms with Gasteiger partial charge in [0.15, 0.2) is 11.5 Å². The third-order valence-electron chi connectivity index (χ3n) is 3.61. The number of aryl methyl sites for hydroxylation is 1. The van der Waals surface area contributed by atoms with E-state index in [-0.39, 0.29) is 18.5 Å².